The van der Waals surface area contributed by atoms with Crippen LogP contribution in [0.5, 0.6) is 0 Å². The van der Waals surface area contributed by atoms with Crippen LogP contribution < -0.4 is 0 Å². The van der Waals surface area contributed by atoms with Crippen LogP contribution in [0.2, 0.25) is 0 Å². The molecular weight excluding hydrogens is 771 g/mol. The topological polar surface area (TPSA) is 12.9 Å². The molecule has 1 nitrogen and oxygen atoms in total. The van der Waals surface area contributed by atoms with Gasteiger partial charge in [0.1, 0.15) is 0 Å². The van der Waals surface area contributed by atoms with Crippen molar-refractivity contribution in [2.75, 3.05) is 0 Å². The number of aromatic nitrogens is 1. The van der Waals surface area contributed by atoms with Crippen LogP contribution in [0, 0.1) is 6.07 Å². The first-order chi connectivity index (χ1) is 23.8. The number of hydrogen-bond donors (Lipinski definition) is 0. The number of benzene rings is 7. The third-order valence-corrected chi connectivity index (χ3v) is 8.79. The minimum absolute atomic E-state index is 0. The van der Waals surface area contributed by atoms with Gasteiger partial charge in [0, 0.05) is 26.3 Å². The van der Waals surface area contributed by atoms with E-state index in [-0.39, 0.29) is 20.1 Å². The molecule has 1 heterocycles. The second-order valence-corrected chi connectivity index (χ2v) is 12.0. The summed E-state index contributed by atoms with van der Waals surface area (Å²) >= 11 is 0. The number of nitrogens with zero attached hydrogens (tertiary/aromatic N) is 1. The van der Waals surface area contributed by atoms with Gasteiger partial charge in [-0.15, -0.1) is 35.4 Å². The monoisotopic (exact) mass is 803 g/mol. The van der Waals surface area contributed by atoms with Gasteiger partial charge in [0.05, 0.1) is 0 Å². The Bertz CT molecular complexity index is 2260. The molecule has 0 bridgehead atoms. The molecule has 0 aliphatic rings. The van der Waals surface area contributed by atoms with Crippen LogP contribution in [0.15, 0.2) is 194 Å². The summed E-state index contributed by atoms with van der Waals surface area (Å²) in [7, 11) is 0. The largest absolute Gasteiger partial charge is 0.305 e. The normalized spacial score (nSPS) is 10.7. The quantitative estimate of drug-likeness (QED) is 0.146. The van der Waals surface area contributed by atoms with Crippen molar-refractivity contribution in [1.29, 1.82) is 0 Å². The molecule has 0 fully saturated rings. The molecule has 0 aliphatic heterocycles. The van der Waals surface area contributed by atoms with Crippen molar-refractivity contribution in [3.05, 3.63) is 200 Å². The van der Waals surface area contributed by atoms with E-state index in [9.17, 15) is 0 Å². The van der Waals surface area contributed by atoms with Gasteiger partial charge >= 0.3 is 0 Å². The molecule has 8 aromatic rings. The molecule has 7 aromatic carbocycles. The first-order valence-corrected chi connectivity index (χ1v) is 16.3. The molecule has 1 aromatic heterocycles. The predicted octanol–water partition coefficient (Wildman–Crippen LogP) is 12.5. The van der Waals surface area contributed by atoms with E-state index in [0.717, 1.165) is 22.4 Å². The van der Waals surface area contributed by atoms with Crippen LogP contribution in [0.25, 0.3) is 78.0 Å². The van der Waals surface area contributed by atoms with E-state index in [1.54, 1.807) is 0 Å². The molecule has 49 heavy (non-hydrogen) atoms. The molecule has 0 unspecified atom stereocenters. The van der Waals surface area contributed by atoms with E-state index in [0.29, 0.717) is 0 Å². The Labute approximate surface area is 302 Å². The van der Waals surface area contributed by atoms with E-state index in [4.69, 9.17) is 0 Å². The molecule has 2 heteroatoms. The van der Waals surface area contributed by atoms with Crippen molar-refractivity contribution in [1.82, 2.24) is 4.98 Å². The molecule has 1 radical (unpaired) electrons. The molecule has 8 rings (SSSR count). The summed E-state index contributed by atoms with van der Waals surface area (Å²) in [6, 6.07) is 70.4. The maximum absolute atomic E-state index is 4.55. The summed E-state index contributed by atoms with van der Waals surface area (Å²) in [5.41, 5.74) is 16.1. The van der Waals surface area contributed by atoms with Gasteiger partial charge in [-0.25, -0.2) is 0 Å². The zero-order chi connectivity index (χ0) is 32.1. The van der Waals surface area contributed by atoms with Gasteiger partial charge in [0.25, 0.3) is 0 Å². The van der Waals surface area contributed by atoms with E-state index in [1.165, 1.54) is 55.6 Å². The zero-order valence-electron chi connectivity index (χ0n) is 26.8. The molecule has 0 saturated carbocycles. The van der Waals surface area contributed by atoms with Crippen LogP contribution in [-0.2, 0) is 20.1 Å². The Balaban J connectivity index is 0.00000378. The Morgan fingerprint density at radius 1 is 0.306 bits per heavy atom. The molecule has 0 N–H and O–H groups in total. The van der Waals surface area contributed by atoms with Crippen molar-refractivity contribution in [3.8, 4) is 78.0 Å². The van der Waals surface area contributed by atoms with Crippen LogP contribution in [0.4, 0.5) is 0 Å². The molecule has 0 spiro atoms. The van der Waals surface area contributed by atoms with Gasteiger partial charge in [0.2, 0.25) is 0 Å². The van der Waals surface area contributed by atoms with Crippen molar-refractivity contribution in [2.24, 2.45) is 0 Å². The first-order valence-electron chi connectivity index (χ1n) is 16.3. The molecule has 0 saturated heterocycles. The van der Waals surface area contributed by atoms with Crippen LogP contribution in [0.1, 0.15) is 0 Å². The van der Waals surface area contributed by atoms with E-state index < -0.39 is 0 Å². The van der Waals surface area contributed by atoms with Gasteiger partial charge < -0.3 is 4.98 Å². The van der Waals surface area contributed by atoms with Crippen molar-refractivity contribution >= 4 is 0 Å². The fraction of sp³-hybridized carbons (Fsp3) is 0. The number of hydrogen-bond acceptors (Lipinski definition) is 1. The van der Waals surface area contributed by atoms with Crippen molar-refractivity contribution in [3.63, 3.8) is 0 Å². The standard InChI is InChI=1S/C47H32N.Ir/c1-4-14-34(15-5-1)41-28-42(35-16-6-2-7-17-35)31-45(30-41)46-32-43(36-18-8-3-9-19-36)29-44(33-46)39-22-12-20-37(26-39)38-21-13-23-40(27-38)47-24-10-11-25-48-47;/h1-22,24-33H;/q-1;. The SMILES string of the molecule is [Ir].[c-]1ccc(-c2cccc(-c3cc(-c4ccccc4)cc(-c4cc(-c5ccccc5)cc(-c5ccccc5)c4)c3)c2)cc1-c1ccccn1. The molecular formula is C47H32IrN-. The minimum Gasteiger partial charge on any atom is -0.305 e. The fourth-order valence-corrected chi connectivity index (χ4v) is 6.34. The zero-order valence-corrected chi connectivity index (χ0v) is 29.2. The van der Waals surface area contributed by atoms with E-state index in [1.807, 2.05) is 30.5 Å². The minimum atomic E-state index is 0. The van der Waals surface area contributed by atoms with Gasteiger partial charge in [-0.05, 0) is 115 Å². The second-order valence-electron chi connectivity index (χ2n) is 12.0. The van der Waals surface area contributed by atoms with Crippen LogP contribution in [0.3, 0.4) is 0 Å². The smallest absolute Gasteiger partial charge is 0.0160 e. The van der Waals surface area contributed by atoms with Crippen LogP contribution >= 0.6 is 0 Å². The molecule has 235 valence electrons. The summed E-state index contributed by atoms with van der Waals surface area (Å²) < 4.78 is 0. The van der Waals surface area contributed by atoms with Gasteiger partial charge in [-0.1, -0.05) is 121 Å². The second kappa shape index (κ2) is 14.6. The molecule has 0 aliphatic carbocycles. The summed E-state index contributed by atoms with van der Waals surface area (Å²) in [5, 5.41) is 0. The first kappa shape index (κ1) is 31.9. The van der Waals surface area contributed by atoms with E-state index >= 15 is 0 Å². The maximum atomic E-state index is 4.55. The summed E-state index contributed by atoms with van der Waals surface area (Å²) in [5.74, 6) is 0. The Hall–Kier alpha value is -5.66. The maximum Gasteiger partial charge on any atom is 0.0160 e. The van der Waals surface area contributed by atoms with Gasteiger partial charge in [-0.2, -0.15) is 0 Å². The fourth-order valence-electron chi connectivity index (χ4n) is 6.34. The Morgan fingerprint density at radius 2 is 0.673 bits per heavy atom. The predicted molar refractivity (Wildman–Crippen MR) is 201 cm³/mol. The third-order valence-electron chi connectivity index (χ3n) is 8.79. The summed E-state index contributed by atoms with van der Waals surface area (Å²) in [6.07, 6.45) is 1.83. The van der Waals surface area contributed by atoms with Crippen molar-refractivity contribution in [2.45, 2.75) is 0 Å². The number of rotatable bonds is 7. The molecule has 0 amide bonds. The summed E-state index contributed by atoms with van der Waals surface area (Å²) in [4.78, 5) is 4.55. The molecule has 0 atom stereocenters. The van der Waals surface area contributed by atoms with E-state index in [2.05, 4.69) is 175 Å². The van der Waals surface area contributed by atoms with Crippen molar-refractivity contribution < 1.29 is 20.1 Å². The number of pyridine rings is 1. The third kappa shape index (κ3) is 7.12. The van der Waals surface area contributed by atoms with Gasteiger partial charge in [0.15, 0.2) is 0 Å². The Morgan fingerprint density at radius 3 is 1.14 bits per heavy atom. The average molecular weight is 803 g/mol. The van der Waals surface area contributed by atoms with Crippen LogP contribution in [-0.4, -0.2) is 4.98 Å². The van der Waals surface area contributed by atoms with Gasteiger partial charge in [-0.3, -0.25) is 0 Å². The average Bonchev–Trinajstić information content (AvgIpc) is 3.19. The Kier molecular flexibility index (Phi) is 9.52. The summed E-state index contributed by atoms with van der Waals surface area (Å²) in [6.45, 7) is 0.